The summed E-state index contributed by atoms with van der Waals surface area (Å²) in [5.41, 5.74) is 3.65. The molecule has 0 radical (unpaired) electrons. The maximum atomic E-state index is 12.6. The number of rotatable bonds is 5. The van der Waals surface area contributed by atoms with Gasteiger partial charge in [0.05, 0.1) is 11.9 Å². The summed E-state index contributed by atoms with van der Waals surface area (Å²) < 4.78 is 7.85. The minimum absolute atomic E-state index is 0.130. The molecule has 2 N–H and O–H groups in total. The Morgan fingerprint density at radius 1 is 1.26 bits per heavy atom. The number of aryl methyl sites for hydroxylation is 1. The van der Waals surface area contributed by atoms with E-state index >= 15 is 0 Å². The molecule has 0 fully saturated rings. The second kappa shape index (κ2) is 7.63. The number of fused-ring (bicyclic) bond motifs is 1. The van der Waals surface area contributed by atoms with Crippen LogP contribution in [0.5, 0.6) is 11.6 Å². The van der Waals surface area contributed by atoms with Gasteiger partial charge in [0.25, 0.3) is 5.91 Å². The minimum atomic E-state index is -0.130. The van der Waals surface area contributed by atoms with Gasteiger partial charge in [-0.3, -0.25) is 4.79 Å². The lowest BCUT2D eigenvalue weighted by Gasteiger charge is -2.18. The van der Waals surface area contributed by atoms with Crippen LogP contribution in [-0.4, -0.2) is 22.0 Å². The molecule has 4 rings (SSSR count). The third kappa shape index (κ3) is 3.85. The number of amides is 1. The molecule has 0 atom stereocenters. The van der Waals surface area contributed by atoms with Crippen LogP contribution in [0.4, 0.5) is 5.69 Å². The normalized spacial score (nSPS) is 13.1. The number of pyridine rings is 1. The average Bonchev–Trinajstić information content (AvgIpc) is 3.14. The number of nitrogens with zero attached hydrogens (tertiary/aromatic N) is 2. The van der Waals surface area contributed by atoms with Crippen LogP contribution in [0.2, 0.25) is 0 Å². The Hall–Kier alpha value is -3.12. The fourth-order valence-corrected chi connectivity index (χ4v) is 3.19. The molecule has 138 valence electrons. The highest BCUT2D eigenvalue weighted by atomic mass is 16.5. The molecule has 3 heterocycles. The number of ether oxygens (including phenoxy) is 1. The van der Waals surface area contributed by atoms with Gasteiger partial charge in [-0.15, -0.1) is 0 Å². The lowest BCUT2D eigenvalue weighted by molar-refractivity contribution is 0.101. The van der Waals surface area contributed by atoms with Crippen molar-refractivity contribution in [2.45, 2.75) is 26.4 Å². The SMILES string of the molecule is CCc1cccc(Oc2ccc(NC(=O)c3ccc4n3CCNC4)cn2)c1. The van der Waals surface area contributed by atoms with Gasteiger partial charge in [-0.05, 0) is 42.3 Å². The van der Waals surface area contributed by atoms with Gasteiger partial charge in [0.15, 0.2) is 0 Å². The first-order chi connectivity index (χ1) is 13.2. The third-order valence-corrected chi connectivity index (χ3v) is 4.65. The number of benzene rings is 1. The van der Waals surface area contributed by atoms with E-state index in [4.69, 9.17) is 4.74 Å². The van der Waals surface area contributed by atoms with E-state index in [1.54, 1.807) is 18.3 Å². The first kappa shape index (κ1) is 17.3. The topological polar surface area (TPSA) is 68.2 Å². The lowest BCUT2D eigenvalue weighted by Crippen LogP contribution is -2.30. The van der Waals surface area contributed by atoms with Crippen molar-refractivity contribution in [3.8, 4) is 11.6 Å². The summed E-state index contributed by atoms with van der Waals surface area (Å²) in [6.07, 6.45) is 2.56. The Morgan fingerprint density at radius 2 is 2.19 bits per heavy atom. The summed E-state index contributed by atoms with van der Waals surface area (Å²) in [6.45, 7) is 4.56. The smallest absolute Gasteiger partial charge is 0.272 e. The van der Waals surface area contributed by atoms with Crippen LogP contribution < -0.4 is 15.4 Å². The molecule has 1 aliphatic heterocycles. The van der Waals surface area contributed by atoms with Crippen molar-refractivity contribution in [1.82, 2.24) is 14.9 Å². The van der Waals surface area contributed by atoms with Gasteiger partial charge in [-0.2, -0.15) is 0 Å². The molecule has 0 saturated heterocycles. The Morgan fingerprint density at radius 3 is 3.00 bits per heavy atom. The maximum Gasteiger partial charge on any atom is 0.272 e. The van der Waals surface area contributed by atoms with Gasteiger partial charge in [-0.1, -0.05) is 19.1 Å². The lowest BCUT2D eigenvalue weighted by atomic mass is 10.2. The van der Waals surface area contributed by atoms with E-state index in [-0.39, 0.29) is 5.91 Å². The molecule has 0 unspecified atom stereocenters. The molecule has 0 bridgehead atoms. The van der Waals surface area contributed by atoms with Crippen LogP contribution in [0.25, 0.3) is 0 Å². The van der Waals surface area contributed by atoms with E-state index in [0.717, 1.165) is 37.5 Å². The number of nitrogens with one attached hydrogen (secondary N) is 2. The van der Waals surface area contributed by atoms with E-state index in [1.165, 1.54) is 5.56 Å². The number of carbonyl (C=O) groups is 1. The van der Waals surface area contributed by atoms with Gasteiger partial charge in [-0.25, -0.2) is 4.98 Å². The van der Waals surface area contributed by atoms with Crippen LogP contribution in [-0.2, 0) is 19.5 Å². The van der Waals surface area contributed by atoms with Crippen molar-refractivity contribution in [3.63, 3.8) is 0 Å². The number of carbonyl (C=O) groups excluding carboxylic acids is 1. The zero-order valence-electron chi connectivity index (χ0n) is 15.2. The zero-order chi connectivity index (χ0) is 18.6. The van der Waals surface area contributed by atoms with Crippen LogP contribution in [0.3, 0.4) is 0 Å². The van der Waals surface area contributed by atoms with E-state index in [1.807, 2.05) is 30.3 Å². The number of hydrogen-bond donors (Lipinski definition) is 2. The highest BCUT2D eigenvalue weighted by Crippen LogP contribution is 2.22. The average molecular weight is 362 g/mol. The van der Waals surface area contributed by atoms with Crippen molar-refractivity contribution < 1.29 is 9.53 Å². The summed E-state index contributed by atoms with van der Waals surface area (Å²) in [6, 6.07) is 15.3. The van der Waals surface area contributed by atoms with Gasteiger partial charge in [0, 0.05) is 31.4 Å². The molecule has 0 saturated carbocycles. The molecule has 1 aliphatic rings. The first-order valence-electron chi connectivity index (χ1n) is 9.16. The largest absolute Gasteiger partial charge is 0.439 e. The summed E-state index contributed by atoms with van der Waals surface area (Å²) in [5, 5.41) is 6.21. The second-order valence-corrected chi connectivity index (χ2v) is 6.48. The molecule has 3 aromatic rings. The molecule has 2 aromatic heterocycles. The standard InChI is InChI=1S/C21H22N4O2/c1-2-15-4-3-5-18(12-15)27-20-9-6-16(13-23-20)24-21(26)19-8-7-17-14-22-10-11-25(17)19/h3-9,12-13,22H,2,10-11,14H2,1H3,(H,24,26). The van der Waals surface area contributed by atoms with E-state index in [0.29, 0.717) is 17.3 Å². The van der Waals surface area contributed by atoms with Crippen LogP contribution >= 0.6 is 0 Å². The highest BCUT2D eigenvalue weighted by Gasteiger charge is 2.17. The number of hydrogen-bond acceptors (Lipinski definition) is 4. The summed E-state index contributed by atoms with van der Waals surface area (Å²) in [5.74, 6) is 1.12. The van der Waals surface area contributed by atoms with Crippen molar-refractivity contribution in [2.24, 2.45) is 0 Å². The van der Waals surface area contributed by atoms with Crippen molar-refractivity contribution in [1.29, 1.82) is 0 Å². The second-order valence-electron chi connectivity index (χ2n) is 6.48. The molecular weight excluding hydrogens is 340 g/mol. The van der Waals surface area contributed by atoms with Crippen LogP contribution in [0.15, 0.2) is 54.7 Å². The highest BCUT2D eigenvalue weighted by molar-refractivity contribution is 6.03. The minimum Gasteiger partial charge on any atom is -0.439 e. The van der Waals surface area contributed by atoms with E-state index < -0.39 is 0 Å². The summed E-state index contributed by atoms with van der Waals surface area (Å²) in [7, 11) is 0. The fraction of sp³-hybridized carbons (Fsp3) is 0.238. The molecule has 1 amide bonds. The number of aromatic nitrogens is 2. The summed E-state index contributed by atoms with van der Waals surface area (Å²) >= 11 is 0. The Kier molecular flexibility index (Phi) is 4.89. The van der Waals surface area contributed by atoms with Gasteiger partial charge in [0.1, 0.15) is 11.4 Å². The van der Waals surface area contributed by atoms with Crippen molar-refractivity contribution >= 4 is 11.6 Å². The monoisotopic (exact) mass is 362 g/mol. The van der Waals surface area contributed by atoms with Crippen LogP contribution in [0.1, 0.15) is 28.7 Å². The molecule has 1 aromatic carbocycles. The Bertz CT molecular complexity index is 947. The quantitative estimate of drug-likeness (QED) is 0.728. The van der Waals surface area contributed by atoms with Gasteiger partial charge in [0.2, 0.25) is 5.88 Å². The molecule has 6 heteroatoms. The van der Waals surface area contributed by atoms with Crippen LogP contribution in [0, 0.1) is 0 Å². The molecule has 0 spiro atoms. The first-order valence-corrected chi connectivity index (χ1v) is 9.16. The molecule has 27 heavy (non-hydrogen) atoms. The molecular formula is C21H22N4O2. The van der Waals surface area contributed by atoms with Crippen molar-refractivity contribution in [2.75, 3.05) is 11.9 Å². The van der Waals surface area contributed by atoms with E-state index in [9.17, 15) is 4.79 Å². The zero-order valence-corrected chi connectivity index (χ0v) is 15.2. The molecule has 0 aliphatic carbocycles. The summed E-state index contributed by atoms with van der Waals surface area (Å²) in [4.78, 5) is 16.9. The maximum absolute atomic E-state index is 12.6. The predicted molar refractivity (Wildman–Crippen MR) is 104 cm³/mol. The fourth-order valence-electron chi connectivity index (χ4n) is 3.19. The Labute approximate surface area is 158 Å². The number of anilines is 1. The van der Waals surface area contributed by atoms with Gasteiger partial charge < -0.3 is 19.9 Å². The van der Waals surface area contributed by atoms with Gasteiger partial charge >= 0.3 is 0 Å². The predicted octanol–water partition coefficient (Wildman–Crippen LogP) is 3.59. The Balaban J connectivity index is 1.43. The van der Waals surface area contributed by atoms with Crippen molar-refractivity contribution in [3.05, 3.63) is 71.7 Å². The van der Waals surface area contributed by atoms with E-state index in [2.05, 4.69) is 33.2 Å². The third-order valence-electron chi connectivity index (χ3n) is 4.65. The molecule has 6 nitrogen and oxygen atoms in total.